The molecule has 0 aliphatic carbocycles. The first-order valence-electron chi connectivity index (χ1n) is 6.53. The first kappa shape index (κ1) is 18.7. The molecule has 4 heteroatoms. The Morgan fingerprint density at radius 1 is 1.06 bits per heavy atom. The van der Waals surface area contributed by atoms with Crippen molar-refractivity contribution in [2.45, 2.75) is 41.0 Å². The molecule has 104 valence electrons. The van der Waals surface area contributed by atoms with Gasteiger partial charge in [-0.15, -0.1) is 0 Å². The van der Waals surface area contributed by atoms with Gasteiger partial charge in [0, 0.05) is 20.1 Å². The fourth-order valence-corrected chi connectivity index (χ4v) is 0.940. The maximum atomic E-state index is 10.5. The maximum Gasteiger partial charge on any atom is 0.216 e. The summed E-state index contributed by atoms with van der Waals surface area (Å²) in [5.74, 6) is 0.664. The van der Waals surface area contributed by atoms with Gasteiger partial charge in [0.2, 0.25) is 5.91 Å². The molecule has 0 aliphatic rings. The summed E-state index contributed by atoms with van der Waals surface area (Å²) in [6, 6.07) is 0. The second-order valence-electron chi connectivity index (χ2n) is 3.89. The summed E-state index contributed by atoms with van der Waals surface area (Å²) in [7, 11) is 0. The molecule has 0 aromatic heterocycles. The number of carbonyl (C=O) groups is 1. The van der Waals surface area contributed by atoms with Crippen molar-refractivity contribution in [3.05, 3.63) is 0 Å². The number of hydrogen-bond donors (Lipinski definition) is 1. The predicted molar refractivity (Wildman–Crippen MR) is 71.1 cm³/mol. The minimum Gasteiger partial charge on any atom is -0.379 e. The molecule has 0 rings (SSSR count). The third-order valence-electron chi connectivity index (χ3n) is 1.83. The average Bonchev–Trinajstić information content (AvgIpc) is 2.29. The lowest BCUT2D eigenvalue weighted by molar-refractivity contribution is -0.119. The summed E-state index contributed by atoms with van der Waals surface area (Å²) in [5.41, 5.74) is 0. The Bertz CT molecular complexity index is 161. The molecule has 0 aliphatic heterocycles. The van der Waals surface area contributed by atoms with Crippen LogP contribution < -0.4 is 5.32 Å². The highest BCUT2D eigenvalue weighted by Gasteiger charge is 1.94. The van der Waals surface area contributed by atoms with E-state index in [1.807, 2.05) is 13.8 Å². The third-order valence-corrected chi connectivity index (χ3v) is 1.83. The molecule has 0 unspecified atom stereocenters. The van der Waals surface area contributed by atoms with E-state index in [1.54, 1.807) is 0 Å². The number of amides is 1. The maximum absolute atomic E-state index is 10.5. The molecule has 0 atom stereocenters. The van der Waals surface area contributed by atoms with Crippen molar-refractivity contribution in [1.82, 2.24) is 5.32 Å². The summed E-state index contributed by atoms with van der Waals surface area (Å²) in [6.45, 7) is 13.0. The molecular weight excluding hydrogens is 218 g/mol. The molecular formula is C13H29NO3. The monoisotopic (exact) mass is 247 g/mol. The standard InChI is InChI=1S/C11H23NO3.C2H6/c1-10(2)4-6-14-8-9-15-7-5-12-11(3)13;1-2/h10H,4-9H2,1-3H3,(H,12,13);1-2H3. The molecule has 0 heterocycles. The van der Waals surface area contributed by atoms with Crippen molar-refractivity contribution < 1.29 is 14.3 Å². The Morgan fingerprint density at radius 3 is 2.06 bits per heavy atom. The Labute approximate surface area is 106 Å². The van der Waals surface area contributed by atoms with Gasteiger partial charge in [-0.25, -0.2) is 0 Å². The smallest absolute Gasteiger partial charge is 0.216 e. The molecule has 0 spiro atoms. The second kappa shape index (κ2) is 15.4. The lowest BCUT2D eigenvalue weighted by Crippen LogP contribution is -2.24. The van der Waals surface area contributed by atoms with E-state index < -0.39 is 0 Å². The summed E-state index contributed by atoms with van der Waals surface area (Å²) in [5, 5.41) is 2.66. The van der Waals surface area contributed by atoms with Crippen LogP contribution in [0.4, 0.5) is 0 Å². The largest absolute Gasteiger partial charge is 0.379 e. The van der Waals surface area contributed by atoms with Crippen LogP contribution in [0.15, 0.2) is 0 Å². The molecule has 1 amide bonds. The molecule has 0 aromatic carbocycles. The molecule has 0 saturated heterocycles. The van der Waals surface area contributed by atoms with E-state index in [0.29, 0.717) is 32.3 Å². The molecule has 0 bridgehead atoms. The highest BCUT2D eigenvalue weighted by Crippen LogP contribution is 1.98. The number of nitrogens with one attached hydrogen (secondary N) is 1. The minimum atomic E-state index is -0.0215. The van der Waals surface area contributed by atoms with Crippen molar-refractivity contribution in [2.24, 2.45) is 5.92 Å². The molecule has 4 nitrogen and oxygen atoms in total. The van der Waals surface area contributed by atoms with Gasteiger partial charge in [-0.05, 0) is 12.3 Å². The Balaban J connectivity index is 0. The van der Waals surface area contributed by atoms with E-state index in [9.17, 15) is 4.79 Å². The van der Waals surface area contributed by atoms with Gasteiger partial charge in [-0.2, -0.15) is 0 Å². The third kappa shape index (κ3) is 21.3. The van der Waals surface area contributed by atoms with Gasteiger partial charge in [0.15, 0.2) is 0 Å². The Morgan fingerprint density at radius 2 is 1.59 bits per heavy atom. The summed E-state index contributed by atoms with van der Waals surface area (Å²) in [6.07, 6.45) is 1.09. The van der Waals surface area contributed by atoms with E-state index in [1.165, 1.54) is 6.92 Å². The summed E-state index contributed by atoms with van der Waals surface area (Å²) in [4.78, 5) is 10.5. The van der Waals surface area contributed by atoms with Crippen LogP contribution in [-0.4, -0.2) is 38.9 Å². The topological polar surface area (TPSA) is 47.6 Å². The first-order chi connectivity index (χ1) is 8.13. The predicted octanol–water partition coefficient (Wildman–Crippen LogP) is 2.23. The van der Waals surface area contributed by atoms with Crippen LogP contribution in [0.1, 0.15) is 41.0 Å². The van der Waals surface area contributed by atoms with Crippen molar-refractivity contribution in [2.75, 3.05) is 33.0 Å². The Kier molecular flexibility index (Phi) is 17.0. The number of ether oxygens (including phenoxy) is 2. The van der Waals surface area contributed by atoms with E-state index in [0.717, 1.165) is 13.0 Å². The highest BCUT2D eigenvalue weighted by atomic mass is 16.5. The van der Waals surface area contributed by atoms with E-state index in [-0.39, 0.29) is 5.91 Å². The van der Waals surface area contributed by atoms with Gasteiger partial charge in [-0.1, -0.05) is 27.7 Å². The minimum absolute atomic E-state index is 0.0215. The zero-order valence-electron chi connectivity index (χ0n) is 12.0. The van der Waals surface area contributed by atoms with Crippen molar-refractivity contribution in [3.8, 4) is 0 Å². The van der Waals surface area contributed by atoms with E-state index in [4.69, 9.17) is 9.47 Å². The van der Waals surface area contributed by atoms with Crippen molar-refractivity contribution in [3.63, 3.8) is 0 Å². The van der Waals surface area contributed by atoms with Crippen LogP contribution >= 0.6 is 0 Å². The number of hydrogen-bond acceptors (Lipinski definition) is 3. The van der Waals surface area contributed by atoms with Gasteiger partial charge >= 0.3 is 0 Å². The van der Waals surface area contributed by atoms with Crippen LogP contribution in [0, 0.1) is 5.92 Å². The fraction of sp³-hybridized carbons (Fsp3) is 0.923. The summed E-state index contributed by atoms with van der Waals surface area (Å²) < 4.78 is 10.6. The quantitative estimate of drug-likeness (QED) is 0.636. The number of rotatable bonds is 9. The van der Waals surface area contributed by atoms with Crippen LogP contribution in [0.3, 0.4) is 0 Å². The second-order valence-corrected chi connectivity index (χ2v) is 3.89. The van der Waals surface area contributed by atoms with Crippen LogP contribution in [0.5, 0.6) is 0 Å². The van der Waals surface area contributed by atoms with Crippen molar-refractivity contribution in [1.29, 1.82) is 0 Å². The fourth-order valence-electron chi connectivity index (χ4n) is 0.940. The lowest BCUT2D eigenvalue weighted by Gasteiger charge is -2.07. The van der Waals surface area contributed by atoms with Gasteiger partial charge < -0.3 is 14.8 Å². The normalized spacial score (nSPS) is 9.76. The molecule has 17 heavy (non-hydrogen) atoms. The lowest BCUT2D eigenvalue weighted by atomic mass is 10.1. The Hall–Kier alpha value is -0.610. The van der Waals surface area contributed by atoms with E-state index in [2.05, 4.69) is 19.2 Å². The SMILES string of the molecule is CC.CC(=O)NCCOCCOCCC(C)C. The van der Waals surface area contributed by atoms with E-state index >= 15 is 0 Å². The molecule has 0 aromatic rings. The van der Waals surface area contributed by atoms with Crippen molar-refractivity contribution >= 4 is 5.91 Å². The molecule has 0 radical (unpaired) electrons. The zero-order chi connectivity index (χ0) is 13.5. The summed E-state index contributed by atoms with van der Waals surface area (Å²) >= 11 is 0. The van der Waals surface area contributed by atoms with Gasteiger partial charge in [0.25, 0.3) is 0 Å². The zero-order valence-corrected chi connectivity index (χ0v) is 12.0. The van der Waals surface area contributed by atoms with Crippen LogP contribution in [-0.2, 0) is 14.3 Å². The van der Waals surface area contributed by atoms with Crippen LogP contribution in [0.25, 0.3) is 0 Å². The molecule has 0 fully saturated rings. The molecule has 1 N–H and O–H groups in total. The van der Waals surface area contributed by atoms with Gasteiger partial charge in [-0.3, -0.25) is 4.79 Å². The number of carbonyl (C=O) groups excluding carboxylic acids is 1. The average molecular weight is 247 g/mol. The van der Waals surface area contributed by atoms with Crippen LogP contribution in [0.2, 0.25) is 0 Å². The van der Waals surface area contributed by atoms with Gasteiger partial charge in [0.1, 0.15) is 0 Å². The van der Waals surface area contributed by atoms with Gasteiger partial charge in [0.05, 0.1) is 19.8 Å². The first-order valence-corrected chi connectivity index (χ1v) is 6.53. The highest BCUT2D eigenvalue weighted by molar-refractivity contribution is 5.72. The molecule has 0 saturated carbocycles.